The standard InChI is InChI=1S/C16H10F4N6O2/c17-8-4-6-9(7-5-8)26-13(16(18,19)20)12(24-25-26)15(28)23-11-3-1-2-10(22-11)14(21)27/h1-7H,(H2,21,27)(H,22,23,28). The third kappa shape index (κ3) is 3.79. The molecule has 0 aliphatic carbocycles. The lowest BCUT2D eigenvalue weighted by molar-refractivity contribution is -0.143. The number of rotatable bonds is 4. The summed E-state index contributed by atoms with van der Waals surface area (Å²) in [5.74, 6) is -2.99. The number of carbonyl (C=O) groups is 2. The van der Waals surface area contributed by atoms with Crippen LogP contribution in [0.2, 0.25) is 0 Å². The average Bonchev–Trinajstić information content (AvgIpc) is 3.08. The zero-order valence-corrected chi connectivity index (χ0v) is 13.7. The van der Waals surface area contributed by atoms with Crippen molar-refractivity contribution in [2.24, 2.45) is 5.73 Å². The average molecular weight is 394 g/mol. The van der Waals surface area contributed by atoms with Crippen LogP contribution in [0.5, 0.6) is 0 Å². The first-order chi connectivity index (χ1) is 13.2. The van der Waals surface area contributed by atoms with Crippen molar-refractivity contribution in [1.82, 2.24) is 20.0 Å². The molecular weight excluding hydrogens is 384 g/mol. The topological polar surface area (TPSA) is 116 Å². The SMILES string of the molecule is NC(=O)c1cccc(NC(=O)c2nnn(-c3ccc(F)cc3)c2C(F)(F)F)n1. The molecule has 3 rings (SSSR count). The highest BCUT2D eigenvalue weighted by atomic mass is 19.4. The Bertz CT molecular complexity index is 1050. The van der Waals surface area contributed by atoms with Crippen LogP contribution in [0.1, 0.15) is 26.7 Å². The van der Waals surface area contributed by atoms with Gasteiger partial charge in [0.1, 0.15) is 17.3 Å². The Hall–Kier alpha value is -3.83. The maximum absolute atomic E-state index is 13.5. The fourth-order valence-corrected chi connectivity index (χ4v) is 2.27. The van der Waals surface area contributed by atoms with Crippen LogP contribution < -0.4 is 11.1 Å². The van der Waals surface area contributed by atoms with E-state index in [-0.39, 0.29) is 17.2 Å². The van der Waals surface area contributed by atoms with E-state index in [1.807, 2.05) is 0 Å². The summed E-state index contributed by atoms with van der Waals surface area (Å²) in [5.41, 5.74) is 2.25. The van der Waals surface area contributed by atoms with Crippen molar-refractivity contribution in [3.63, 3.8) is 0 Å². The van der Waals surface area contributed by atoms with Crippen molar-refractivity contribution >= 4 is 17.6 Å². The number of aromatic nitrogens is 4. The maximum atomic E-state index is 13.5. The monoisotopic (exact) mass is 394 g/mol. The van der Waals surface area contributed by atoms with Crippen LogP contribution in [0.3, 0.4) is 0 Å². The number of primary amides is 1. The van der Waals surface area contributed by atoms with E-state index in [1.165, 1.54) is 18.2 Å². The molecule has 3 aromatic rings. The first-order valence-electron chi connectivity index (χ1n) is 7.54. The minimum Gasteiger partial charge on any atom is -0.364 e. The van der Waals surface area contributed by atoms with Gasteiger partial charge in [-0.2, -0.15) is 13.2 Å². The van der Waals surface area contributed by atoms with Crippen LogP contribution in [-0.2, 0) is 6.18 Å². The molecule has 8 nitrogen and oxygen atoms in total. The zero-order valence-electron chi connectivity index (χ0n) is 13.7. The van der Waals surface area contributed by atoms with Crippen molar-refractivity contribution < 1.29 is 27.2 Å². The normalized spacial score (nSPS) is 11.3. The number of carbonyl (C=O) groups excluding carboxylic acids is 2. The van der Waals surface area contributed by atoms with Gasteiger partial charge in [-0.3, -0.25) is 9.59 Å². The van der Waals surface area contributed by atoms with Crippen molar-refractivity contribution in [3.8, 4) is 5.69 Å². The summed E-state index contributed by atoms with van der Waals surface area (Å²) in [6.07, 6.45) is -4.99. The number of hydrogen-bond donors (Lipinski definition) is 2. The molecule has 1 aromatic carbocycles. The molecule has 2 amide bonds. The molecule has 3 N–H and O–H groups in total. The van der Waals surface area contributed by atoms with Crippen molar-refractivity contribution in [3.05, 3.63) is 65.4 Å². The number of benzene rings is 1. The molecule has 0 bridgehead atoms. The smallest absolute Gasteiger partial charge is 0.364 e. The van der Waals surface area contributed by atoms with Gasteiger partial charge in [-0.15, -0.1) is 5.10 Å². The zero-order chi connectivity index (χ0) is 20.5. The van der Waals surface area contributed by atoms with Gasteiger partial charge < -0.3 is 11.1 Å². The van der Waals surface area contributed by atoms with E-state index in [2.05, 4.69) is 20.6 Å². The Labute approximate surface area is 154 Å². The molecule has 0 aliphatic heterocycles. The van der Waals surface area contributed by atoms with Crippen LogP contribution in [0, 0.1) is 5.82 Å². The number of alkyl halides is 3. The summed E-state index contributed by atoms with van der Waals surface area (Å²) in [7, 11) is 0. The van der Waals surface area contributed by atoms with Crippen LogP contribution in [0.15, 0.2) is 42.5 Å². The second-order valence-electron chi connectivity index (χ2n) is 5.40. The van der Waals surface area contributed by atoms with Crippen LogP contribution in [0.25, 0.3) is 5.69 Å². The molecule has 2 aromatic heterocycles. The first-order valence-corrected chi connectivity index (χ1v) is 7.54. The van der Waals surface area contributed by atoms with E-state index in [0.29, 0.717) is 4.68 Å². The van der Waals surface area contributed by atoms with Gasteiger partial charge in [0, 0.05) is 0 Å². The molecule has 28 heavy (non-hydrogen) atoms. The van der Waals surface area contributed by atoms with Crippen LogP contribution in [0.4, 0.5) is 23.4 Å². The Morgan fingerprint density at radius 2 is 1.75 bits per heavy atom. The quantitative estimate of drug-likeness (QED) is 0.658. The van der Waals surface area contributed by atoms with E-state index in [9.17, 15) is 27.2 Å². The third-order valence-corrected chi connectivity index (χ3v) is 3.47. The van der Waals surface area contributed by atoms with Gasteiger partial charge in [0.25, 0.3) is 11.8 Å². The highest BCUT2D eigenvalue weighted by molar-refractivity contribution is 6.03. The number of amides is 2. The van der Waals surface area contributed by atoms with Gasteiger partial charge in [0.2, 0.25) is 0 Å². The number of halogens is 4. The highest BCUT2D eigenvalue weighted by Crippen LogP contribution is 2.33. The molecule has 0 radical (unpaired) electrons. The summed E-state index contributed by atoms with van der Waals surface area (Å²) in [6.45, 7) is 0. The number of anilines is 1. The van der Waals surface area contributed by atoms with E-state index < -0.39 is 35.2 Å². The Kier molecular flexibility index (Phi) is 4.78. The fourth-order valence-electron chi connectivity index (χ4n) is 2.27. The highest BCUT2D eigenvalue weighted by Gasteiger charge is 2.42. The van der Waals surface area contributed by atoms with Gasteiger partial charge in [-0.25, -0.2) is 14.1 Å². The van der Waals surface area contributed by atoms with Gasteiger partial charge in [0.15, 0.2) is 11.4 Å². The fraction of sp³-hybridized carbons (Fsp3) is 0.0625. The lowest BCUT2D eigenvalue weighted by Crippen LogP contribution is -2.22. The predicted octanol–water partition coefficient (Wildman–Crippen LogP) is 2.17. The molecule has 2 heterocycles. The van der Waals surface area contributed by atoms with Crippen molar-refractivity contribution in [2.45, 2.75) is 6.18 Å². The minimum atomic E-state index is -4.99. The Balaban J connectivity index is 2.00. The molecule has 0 saturated heterocycles. The second kappa shape index (κ2) is 7.06. The molecule has 0 spiro atoms. The summed E-state index contributed by atoms with van der Waals surface area (Å²) in [4.78, 5) is 27.2. The van der Waals surface area contributed by atoms with Gasteiger partial charge in [0.05, 0.1) is 5.69 Å². The van der Waals surface area contributed by atoms with Crippen LogP contribution >= 0.6 is 0 Å². The molecule has 0 aliphatic rings. The number of nitrogens with two attached hydrogens (primary N) is 1. The molecule has 0 fully saturated rings. The molecule has 0 unspecified atom stereocenters. The van der Waals surface area contributed by atoms with E-state index >= 15 is 0 Å². The van der Waals surface area contributed by atoms with Crippen molar-refractivity contribution in [2.75, 3.05) is 5.32 Å². The Morgan fingerprint density at radius 1 is 1.07 bits per heavy atom. The number of nitrogens with one attached hydrogen (secondary N) is 1. The van der Waals surface area contributed by atoms with Crippen LogP contribution in [-0.4, -0.2) is 31.8 Å². The molecule has 12 heteroatoms. The molecule has 0 atom stereocenters. The van der Waals surface area contributed by atoms with E-state index in [4.69, 9.17) is 5.73 Å². The summed E-state index contributed by atoms with van der Waals surface area (Å²) < 4.78 is 54.0. The minimum absolute atomic E-state index is 0.144. The number of hydrogen-bond acceptors (Lipinski definition) is 5. The predicted molar refractivity (Wildman–Crippen MR) is 87.0 cm³/mol. The summed E-state index contributed by atoms with van der Waals surface area (Å²) >= 11 is 0. The second-order valence-corrected chi connectivity index (χ2v) is 5.40. The third-order valence-electron chi connectivity index (χ3n) is 3.47. The van der Waals surface area contributed by atoms with E-state index in [0.717, 1.165) is 24.3 Å². The molecule has 0 saturated carbocycles. The Morgan fingerprint density at radius 3 is 2.36 bits per heavy atom. The van der Waals surface area contributed by atoms with E-state index in [1.54, 1.807) is 0 Å². The maximum Gasteiger partial charge on any atom is 0.435 e. The van der Waals surface area contributed by atoms with Crippen molar-refractivity contribution in [1.29, 1.82) is 0 Å². The van der Waals surface area contributed by atoms with Gasteiger partial charge in [-0.05, 0) is 36.4 Å². The number of pyridine rings is 1. The van der Waals surface area contributed by atoms with Gasteiger partial charge in [-0.1, -0.05) is 11.3 Å². The van der Waals surface area contributed by atoms with Gasteiger partial charge >= 0.3 is 6.18 Å². The lowest BCUT2D eigenvalue weighted by atomic mass is 10.2. The first kappa shape index (κ1) is 18.9. The molecule has 144 valence electrons. The largest absolute Gasteiger partial charge is 0.435 e. The number of nitrogens with zero attached hydrogens (tertiary/aromatic N) is 4. The summed E-state index contributed by atoms with van der Waals surface area (Å²) in [5, 5.41) is 8.77. The summed E-state index contributed by atoms with van der Waals surface area (Å²) in [6, 6.07) is 7.85. The molecular formula is C16H10F4N6O2. The lowest BCUT2D eigenvalue weighted by Gasteiger charge is -2.11.